The highest BCUT2D eigenvalue weighted by molar-refractivity contribution is 5.09. The summed E-state index contributed by atoms with van der Waals surface area (Å²) in [5.41, 5.74) is 2.49. The monoisotopic (exact) mass is 223 g/mol. The van der Waals surface area contributed by atoms with Gasteiger partial charge in [0.25, 0.3) is 0 Å². The van der Waals surface area contributed by atoms with Crippen molar-refractivity contribution in [3.63, 3.8) is 0 Å². The van der Waals surface area contributed by atoms with Gasteiger partial charge in [-0.3, -0.25) is 4.68 Å². The van der Waals surface area contributed by atoms with Crippen LogP contribution >= 0.6 is 0 Å². The third-order valence-electron chi connectivity index (χ3n) is 3.17. The van der Waals surface area contributed by atoms with Gasteiger partial charge in [0.15, 0.2) is 0 Å². The number of aryl methyl sites for hydroxylation is 3. The lowest BCUT2D eigenvalue weighted by Gasteiger charge is -2.20. The summed E-state index contributed by atoms with van der Waals surface area (Å²) in [6.07, 6.45) is 2.29. The maximum Gasteiger partial charge on any atom is 0.0596 e. The second-order valence-corrected chi connectivity index (χ2v) is 4.77. The number of nitrogens with one attached hydrogen (secondary N) is 1. The Morgan fingerprint density at radius 3 is 2.62 bits per heavy atom. The highest BCUT2D eigenvalue weighted by Crippen LogP contribution is 2.12. The van der Waals surface area contributed by atoms with E-state index in [1.165, 1.54) is 12.1 Å². The van der Waals surface area contributed by atoms with Crippen molar-refractivity contribution in [1.29, 1.82) is 0 Å². The van der Waals surface area contributed by atoms with Crippen molar-refractivity contribution in [1.82, 2.24) is 15.1 Å². The van der Waals surface area contributed by atoms with Gasteiger partial charge >= 0.3 is 0 Å². The second-order valence-electron chi connectivity index (χ2n) is 4.77. The molecule has 0 aliphatic rings. The lowest BCUT2D eigenvalue weighted by atomic mass is 9.98. The molecule has 0 bridgehead atoms. The third kappa shape index (κ3) is 3.34. The van der Waals surface area contributed by atoms with Gasteiger partial charge < -0.3 is 5.32 Å². The molecule has 1 unspecified atom stereocenters. The van der Waals surface area contributed by atoms with Crippen molar-refractivity contribution in [3.05, 3.63) is 17.5 Å². The molecule has 16 heavy (non-hydrogen) atoms. The maximum absolute atomic E-state index is 4.47. The van der Waals surface area contributed by atoms with Gasteiger partial charge in [-0.2, -0.15) is 5.10 Å². The summed E-state index contributed by atoms with van der Waals surface area (Å²) in [6.45, 7) is 9.71. The van der Waals surface area contributed by atoms with E-state index in [0.29, 0.717) is 12.0 Å². The maximum atomic E-state index is 4.47. The molecular formula is C13H25N3. The molecule has 0 aliphatic carbocycles. The van der Waals surface area contributed by atoms with Crippen LogP contribution in [0.5, 0.6) is 0 Å². The van der Waals surface area contributed by atoms with Crippen molar-refractivity contribution in [3.8, 4) is 0 Å². The standard InChI is InChI=1S/C13H25N3/c1-6-16-12(9-11(4)15-16)7-8-13(14-5)10(2)3/h9-10,13-14H,6-8H2,1-5H3. The van der Waals surface area contributed by atoms with Crippen molar-refractivity contribution >= 4 is 0 Å². The van der Waals surface area contributed by atoms with E-state index in [-0.39, 0.29) is 0 Å². The summed E-state index contributed by atoms with van der Waals surface area (Å²) in [4.78, 5) is 0. The van der Waals surface area contributed by atoms with Crippen molar-refractivity contribution in [2.45, 2.75) is 53.1 Å². The Hall–Kier alpha value is -0.830. The molecule has 3 heteroatoms. The smallest absolute Gasteiger partial charge is 0.0596 e. The fourth-order valence-electron chi connectivity index (χ4n) is 2.19. The minimum atomic E-state index is 0.598. The van der Waals surface area contributed by atoms with E-state index in [9.17, 15) is 0 Å². The van der Waals surface area contributed by atoms with Gasteiger partial charge in [0, 0.05) is 18.3 Å². The lowest BCUT2D eigenvalue weighted by molar-refractivity contribution is 0.398. The van der Waals surface area contributed by atoms with E-state index < -0.39 is 0 Å². The van der Waals surface area contributed by atoms with E-state index in [2.05, 4.69) is 48.9 Å². The first-order valence-electron chi connectivity index (χ1n) is 6.29. The zero-order valence-corrected chi connectivity index (χ0v) is 11.2. The third-order valence-corrected chi connectivity index (χ3v) is 3.17. The van der Waals surface area contributed by atoms with E-state index >= 15 is 0 Å². The van der Waals surface area contributed by atoms with Crippen LogP contribution in [0.1, 0.15) is 38.6 Å². The summed E-state index contributed by atoms with van der Waals surface area (Å²) in [7, 11) is 2.05. The molecule has 0 aliphatic heterocycles. The summed E-state index contributed by atoms with van der Waals surface area (Å²) >= 11 is 0. The highest BCUT2D eigenvalue weighted by Gasteiger charge is 2.12. The van der Waals surface area contributed by atoms with E-state index in [1.807, 2.05) is 7.05 Å². The Kier molecular flexibility index (Phi) is 5.00. The van der Waals surface area contributed by atoms with Crippen LogP contribution in [0.25, 0.3) is 0 Å². The fourth-order valence-corrected chi connectivity index (χ4v) is 2.19. The zero-order chi connectivity index (χ0) is 12.1. The minimum Gasteiger partial charge on any atom is -0.317 e. The molecule has 0 amide bonds. The van der Waals surface area contributed by atoms with Gasteiger partial charge in [0.1, 0.15) is 0 Å². The molecule has 0 saturated carbocycles. The molecule has 3 nitrogen and oxygen atoms in total. The molecule has 0 aromatic carbocycles. The van der Waals surface area contributed by atoms with Crippen molar-refractivity contribution in [2.24, 2.45) is 5.92 Å². The Balaban J connectivity index is 2.59. The molecule has 92 valence electrons. The first kappa shape index (κ1) is 13.2. The summed E-state index contributed by atoms with van der Waals surface area (Å²) < 4.78 is 2.11. The summed E-state index contributed by atoms with van der Waals surface area (Å²) in [6, 6.07) is 2.80. The summed E-state index contributed by atoms with van der Waals surface area (Å²) in [5.74, 6) is 0.684. The molecule has 1 heterocycles. The van der Waals surface area contributed by atoms with Crippen molar-refractivity contribution in [2.75, 3.05) is 7.05 Å². The Bertz CT molecular complexity index is 315. The average Bonchev–Trinajstić information content (AvgIpc) is 2.59. The fraction of sp³-hybridized carbons (Fsp3) is 0.769. The van der Waals surface area contributed by atoms with Crippen LogP contribution in [-0.4, -0.2) is 22.9 Å². The number of hydrogen-bond donors (Lipinski definition) is 1. The largest absolute Gasteiger partial charge is 0.317 e. The van der Waals surface area contributed by atoms with Gasteiger partial charge in [-0.1, -0.05) is 13.8 Å². The molecule has 1 N–H and O–H groups in total. The summed E-state index contributed by atoms with van der Waals surface area (Å²) in [5, 5.41) is 7.86. The molecule has 1 atom stereocenters. The van der Waals surface area contributed by atoms with Crippen LogP contribution in [0.3, 0.4) is 0 Å². The van der Waals surface area contributed by atoms with Gasteiger partial charge in [-0.25, -0.2) is 0 Å². The first-order chi connectivity index (χ1) is 7.58. The average molecular weight is 223 g/mol. The van der Waals surface area contributed by atoms with Crippen LogP contribution in [0.2, 0.25) is 0 Å². The van der Waals surface area contributed by atoms with Gasteiger partial charge in [-0.05, 0) is 45.7 Å². The molecule has 0 fully saturated rings. The number of rotatable bonds is 6. The van der Waals surface area contributed by atoms with E-state index in [0.717, 1.165) is 18.7 Å². The molecule has 1 aromatic heterocycles. The number of nitrogens with zero attached hydrogens (tertiary/aromatic N) is 2. The van der Waals surface area contributed by atoms with Gasteiger partial charge in [-0.15, -0.1) is 0 Å². The minimum absolute atomic E-state index is 0.598. The van der Waals surface area contributed by atoms with Gasteiger partial charge in [0.2, 0.25) is 0 Å². The van der Waals surface area contributed by atoms with E-state index in [1.54, 1.807) is 0 Å². The SMILES string of the molecule is CCn1nc(C)cc1CCC(NC)C(C)C. The first-order valence-corrected chi connectivity index (χ1v) is 6.29. The molecule has 0 saturated heterocycles. The van der Waals surface area contributed by atoms with E-state index in [4.69, 9.17) is 0 Å². The van der Waals surface area contributed by atoms with Crippen LogP contribution in [-0.2, 0) is 13.0 Å². The Morgan fingerprint density at radius 2 is 2.12 bits per heavy atom. The van der Waals surface area contributed by atoms with Crippen LogP contribution in [0.15, 0.2) is 6.07 Å². The van der Waals surface area contributed by atoms with Crippen molar-refractivity contribution < 1.29 is 0 Å². The Labute approximate surface area is 99.2 Å². The topological polar surface area (TPSA) is 29.9 Å². The van der Waals surface area contributed by atoms with Crippen LogP contribution in [0.4, 0.5) is 0 Å². The molecular weight excluding hydrogens is 198 g/mol. The van der Waals surface area contributed by atoms with Crippen LogP contribution in [0, 0.1) is 12.8 Å². The highest BCUT2D eigenvalue weighted by atomic mass is 15.3. The van der Waals surface area contributed by atoms with Gasteiger partial charge in [0.05, 0.1) is 5.69 Å². The molecule has 0 spiro atoms. The predicted molar refractivity (Wildman–Crippen MR) is 68.6 cm³/mol. The van der Waals surface area contributed by atoms with Crippen LogP contribution < -0.4 is 5.32 Å². The quantitative estimate of drug-likeness (QED) is 0.802. The lowest BCUT2D eigenvalue weighted by Crippen LogP contribution is -2.31. The predicted octanol–water partition coefficient (Wildman–Crippen LogP) is 2.39. The molecule has 0 radical (unpaired) electrons. The molecule has 1 rings (SSSR count). The number of hydrogen-bond acceptors (Lipinski definition) is 2. The molecule has 1 aromatic rings. The second kappa shape index (κ2) is 6.04. The Morgan fingerprint density at radius 1 is 1.44 bits per heavy atom. The number of aromatic nitrogens is 2. The zero-order valence-electron chi connectivity index (χ0n) is 11.2. The normalized spacial score (nSPS) is 13.4.